The van der Waals surface area contributed by atoms with Gasteiger partial charge in [0.05, 0.1) is 0 Å². The van der Waals surface area contributed by atoms with Crippen molar-refractivity contribution in [1.82, 2.24) is 0 Å². The molecule has 0 aliphatic heterocycles. The molecule has 17 heavy (non-hydrogen) atoms. The van der Waals surface area contributed by atoms with E-state index in [0.29, 0.717) is 11.1 Å². The summed E-state index contributed by atoms with van der Waals surface area (Å²) < 4.78 is 25.8. The molecule has 0 N–H and O–H groups in total. The highest BCUT2D eigenvalue weighted by Gasteiger charge is 2.08. The number of Topliss-reactive ketones (excluding diaryl/α,β-unsaturated/α-hetero) is 1. The van der Waals surface area contributed by atoms with Crippen LogP contribution in [0.25, 0.3) is 0 Å². The minimum Gasteiger partial charge on any atom is -0.294 e. The summed E-state index contributed by atoms with van der Waals surface area (Å²) in [4.78, 5) is 11.8. The molecule has 0 spiro atoms. The zero-order valence-corrected chi connectivity index (χ0v) is 8.99. The van der Waals surface area contributed by atoms with Crippen LogP contribution in [0.1, 0.15) is 15.9 Å². The van der Waals surface area contributed by atoms with Gasteiger partial charge in [0.15, 0.2) is 5.78 Å². The summed E-state index contributed by atoms with van der Waals surface area (Å²) in [5.41, 5.74) is 0.883. The van der Waals surface area contributed by atoms with Gasteiger partial charge in [-0.2, -0.15) is 0 Å². The molecule has 2 aromatic carbocycles. The lowest BCUT2D eigenvalue weighted by molar-refractivity contribution is 0.0992. The van der Waals surface area contributed by atoms with Crippen molar-refractivity contribution >= 4 is 5.78 Å². The maximum atomic E-state index is 12.9. The summed E-state index contributed by atoms with van der Waals surface area (Å²) in [7, 11) is 0. The van der Waals surface area contributed by atoms with Gasteiger partial charge in [-0.3, -0.25) is 4.79 Å². The Morgan fingerprint density at radius 2 is 1.59 bits per heavy atom. The van der Waals surface area contributed by atoms with Crippen LogP contribution in [-0.2, 0) is 6.42 Å². The number of rotatable bonds is 3. The van der Waals surface area contributed by atoms with Crippen molar-refractivity contribution in [2.45, 2.75) is 6.42 Å². The van der Waals surface area contributed by atoms with Gasteiger partial charge in [0.25, 0.3) is 0 Å². The Labute approximate surface area is 97.7 Å². The lowest BCUT2D eigenvalue weighted by Gasteiger charge is -2.02. The van der Waals surface area contributed by atoms with E-state index >= 15 is 0 Å². The molecule has 0 amide bonds. The molecule has 1 nitrogen and oxygen atoms in total. The Balaban J connectivity index is 2.17. The van der Waals surface area contributed by atoms with Crippen LogP contribution in [0.15, 0.2) is 48.5 Å². The molecule has 0 atom stereocenters. The summed E-state index contributed by atoms with van der Waals surface area (Å²) in [5.74, 6) is -1.06. The third kappa shape index (κ3) is 2.97. The maximum absolute atomic E-state index is 12.9. The Bertz CT molecular complexity index is 549. The van der Waals surface area contributed by atoms with Gasteiger partial charge < -0.3 is 0 Å². The molecule has 0 saturated heterocycles. The van der Waals surface area contributed by atoms with Crippen molar-refractivity contribution in [3.8, 4) is 0 Å². The second kappa shape index (κ2) is 4.87. The molecular formula is C14H10F2O. The lowest BCUT2D eigenvalue weighted by atomic mass is 10.0. The molecular weight excluding hydrogens is 222 g/mol. The summed E-state index contributed by atoms with van der Waals surface area (Å²) >= 11 is 0. The number of carbonyl (C=O) groups excluding carboxylic acids is 1. The van der Waals surface area contributed by atoms with Crippen molar-refractivity contribution in [1.29, 1.82) is 0 Å². The van der Waals surface area contributed by atoms with Crippen molar-refractivity contribution < 1.29 is 13.6 Å². The lowest BCUT2D eigenvalue weighted by Crippen LogP contribution is -2.04. The summed E-state index contributed by atoms with van der Waals surface area (Å²) in [6, 6.07) is 11.3. The van der Waals surface area contributed by atoms with E-state index in [-0.39, 0.29) is 18.0 Å². The predicted octanol–water partition coefficient (Wildman–Crippen LogP) is 3.39. The molecule has 2 rings (SSSR count). The van der Waals surface area contributed by atoms with Crippen molar-refractivity contribution in [3.05, 3.63) is 71.3 Å². The van der Waals surface area contributed by atoms with E-state index < -0.39 is 5.82 Å². The number of hydrogen-bond acceptors (Lipinski definition) is 1. The normalized spacial score (nSPS) is 10.2. The topological polar surface area (TPSA) is 17.1 Å². The van der Waals surface area contributed by atoms with Gasteiger partial charge in [-0.25, -0.2) is 8.78 Å². The van der Waals surface area contributed by atoms with E-state index in [0.717, 1.165) is 0 Å². The largest absolute Gasteiger partial charge is 0.294 e. The zero-order valence-electron chi connectivity index (χ0n) is 8.99. The number of hydrogen-bond donors (Lipinski definition) is 0. The predicted molar refractivity (Wildman–Crippen MR) is 60.8 cm³/mol. The number of halogens is 2. The Hall–Kier alpha value is -2.03. The second-order valence-electron chi connectivity index (χ2n) is 3.74. The van der Waals surface area contributed by atoms with Crippen LogP contribution in [0.2, 0.25) is 0 Å². The monoisotopic (exact) mass is 232 g/mol. The van der Waals surface area contributed by atoms with Gasteiger partial charge in [-0.1, -0.05) is 24.3 Å². The maximum Gasteiger partial charge on any atom is 0.167 e. The van der Waals surface area contributed by atoms with Crippen LogP contribution in [0, 0.1) is 11.6 Å². The molecule has 0 bridgehead atoms. The van der Waals surface area contributed by atoms with E-state index in [9.17, 15) is 13.6 Å². The number of ketones is 1. The second-order valence-corrected chi connectivity index (χ2v) is 3.74. The van der Waals surface area contributed by atoms with Gasteiger partial charge in [0.2, 0.25) is 0 Å². The van der Waals surface area contributed by atoms with E-state index in [1.165, 1.54) is 30.3 Å². The highest BCUT2D eigenvalue weighted by atomic mass is 19.1. The minimum atomic E-state index is -0.449. The molecule has 0 aromatic heterocycles. The fourth-order valence-electron chi connectivity index (χ4n) is 1.60. The standard InChI is InChI=1S/C14H10F2O/c15-12-5-1-3-10(7-12)8-14(17)11-4-2-6-13(16)9-11/h1-7,9H,8H2. The van der Waals surface area contributed by atoms with Crippen molar-refractivity contribution in [3.63, 3.8) is 0 Å². The molecule has 0 saturated carbocycles. The highest BCUT2D eigenvalue weighted by molar-refractivity contribution is 5.97. The quantitative estimate of drug-likeness (QED) is 0.741. The zero-order chi connectivity index (χ0) is 12.3. The Kier molecular flexibility index (Phi) is 3.28. The smallest absolute Gasteiger partial charge is 0.167 e. The first-order valence-corrected chi connectivity index (χ1v) is 5.18. The number of benzene rings is 2. The van der Waals surface area contributed by atoms with Crippen molar-refractivity contribution in [2.24, 2.45) is 0 Å². The van der Waals surface area contributed by atoms with Crippen LogP contribution >= 0.6 is 0 Å². The molecule has 0 radical (unpaired) electrons. The van der Waals surface area contributed by atoms with Crippen molar-refractivity contribution in [2.75, 3.05) is 0 Å². The first-order valence-electron chi connectivity index (χ1n) is 5.18. The van der Waals surface area contributed by atoms with Gasteiger partial charge in [0.1, 0.15) is 11.6 Å². The molecule has 0 heterocycles. The van der Waals surface area contributed by atoms with Crippen LogP contribution in [0.4, 0.5) is 8.78 Å². The summed E-state index contributed by atoms with van der Waals surface area (Å²) in [5, 5.41) is 0. The number of carbonyl (C=O) groups is 1. The van der Waals surface area contributed by atoms with E-state index in [1.54, 1.807) is 18.2 Å². The molecule has 0 unspecified atom stereocenters. The average molecular weight is 232 g/mol. The van der Waals surface area contributed by atoms with E-state index in [4.69, 9.17) is 0 Å². The molecule has 2 aromatic rings. The van der Waals surface area contributed by atoms with Crippen LogP contribution in [0.5, 0.6) is 0 Å². The summed E-state index contributed by atoms with van der Waals surface area (Å²) in [6.07, 6.45) is 0.0706. The molecule has 0 fully saturated rings. The average Bonchev–Trinajstić information content (AvgIpc) is 2.29. The molecule has 0 aliphatic rings. The SMILES string of the molecule is O=C(Cc1cccc(F)c1)c1cccc(F)c1. The fourth-order valence-corrected chi connectivity index (χ4v) is 1.60. The van der Waals surface area contributed by atoms with Crippen LogP contribution in [-0.4, -0.2) is 5.78 Å². The van der Waals surface area contributed by atoms with Crippen LogP contribution in [0.3, 0.4) is 0 Å². The third-order valence-corrected chi connectivity index (χ3v) is 2.40. The fraction of sp³-hybridized carbons (Fsp3) is 0.0714. The first-order chi connectivity index (χ1) is 8.15. The van der Waals surface area contributed by atoms with Gasteiger partial charge in [-0.15, -0.1) is 0 Å². The summed E-state index contributed by atoms with van der Waals surface area (Å²) in [6.45, 7) is 0. The minimum absolute atomic E-state index is 0.0706. The molecule has 86 valence electrons. The Morgan fingerprint density at radius 1 is 0.941 bits per heavy atom. The van der Waals surface area contributed by atoms with E-state index in [2.05, 4.69) is 0 Å². The van der Waals surface area contributed by atoms with Gasteiger partial charge in [-0.05, 0) is 29.8 Å². The third-order valence-electron chi connectivity index (χ3n) is 2.40. The molecule has 0 aliphatic carbocycles. The molecule has 3 heteroatoms. The Morgan fingerprint density at radius 3 is 2.24 bits per heavy atom. The van der Waals surface area contributed by atoms with Gasteiger partial charge in [0, 0.05) is 12.0 Å². The van der Waals surface area contributed by atoms with Gasteiger partial charge >= 0.3 is 0 Å². The first kappa shape index (κ1) is 11.5. The van der Waals surface area contributed by atoms with Crippen LogP contribution < -0.4 is 0 Å². The van der Waals surface area contributed by atoms with E-state index in [1.807, 2.05) is 0 Å². The highest BCUT2D eigenvalue weighted by Crippen LogP contribution is 2.10.